The first-order chi connectivity index (χ1) is 12.6. The number of benzene rings is 1. The molecule has 2 aromatic rings. The third-order valence-electron chi connectivity index (χ3n) is 4.16. The minimum absolute atomic E-state index is 0.0209. The van der Waals surface area contributed by atoms with Gasteiger partial charge in [-0.1, -0.05) is 6.42 Å². The van der Waals surface area contributed by atoms with Gasteiger partial charge in [-0.15, -0.1) is 10.2 Å². The number of allylic oxidation sites excluding steroid dienone is 1. The van der Waals surface area contributed by atoms with Crippen LogP contribution in [0.5, 0.6) is 5.75 Å². The molecule has 1 aliphatic heterocycles. The molecule has 1 N–H and O–H groups in total. The molecule has 0 atom stereocenters. The molecule has 9 heteroatoms. The second kappa shape index (κ2) is 7.65. The first-order valence-electron chi connectivity index (χ1n) is 8.22. The van der Waals surface area contributed by atoms with Crippen molar-refractivity contribution < 1.29 is 14.8 Å². The molecule has 0 bridgehead atoms. The van der Waals surface area contributed by atoms with Gasteiger partial charge in [0.25, 0.3) is 5.69 Å². The van der Waals surface area contributed by atoms with Gasteiger partial charge in [0.05, 0.1) is 4.92 Å². The van der Waals surface area contributed by atoms with E-state index in [-0.39, 0.29) is 23.6 Å². The lowest BCUT2D eigenvalue weighted by Gasteiger charge is -2.09. The van der Waals surface area contributed by atoms with Crippen molar-refractivity contribution in [1.82, 2.24) is 14.8 Å². The highest BCUT2D eigenvalue weighted by Crippen LogP contribution is 2.22. The quantitative estimate of drug-likeness (QED) is 0.378. The third kappa shape index (κ3) is 3.64. The number of nitriles is 1. The van der Waals surface area contributed by atoms with Crippen LogP contribution in [0.1, 0.15) is 30.9 Å². The second-order valence-corrected chi connectivity index (χ2v) is 5.88. The van der Waals surface area contributed by atoms with E-state index in [1.165, 1.54) is 24.3 Å². The summed E-state index contributed by atoms with van der Waals surface area (Å²) in [6.45, 7) is 0.461. The van der Waals surface area contributed by atoms with E-state index >= 15 is 0 Å². The fraction of sp³-hybridized carbons (Fsp3) is 0.353. The standard InChI is InChI=1S/C17H17N5O4/c18-10-14(17-20-19-16-4-2-1-3-9-21(16)17)15(23)11-26-13-7-5-12(6-8-13)22(24)25/h5-8,23H,1-4,9,11H2/b15-14-. The van der Waals surface area contributed by atoms with Crippen LogP contribution in [0.25, 0.3) is 5.57 Å². The average molecular weight is 355 g/mol. The van der Waals surface area contributed by atoms with Gasteiger partial charge in [0.2, 0.25) is 0 Å². The fourth-order valence-electron chi connectivity index (χ4n) is 2.80. The highest BCUT2D eigenvalue weighted by atomic mass is 16.6. The molecule has 0 unspecified atom stereocenters. The summed E-state index contributed by atoms with van der Waals surface area (Å²) in [5, 5.41) is 38.6. The molecule has 0 saturated carbocycles. The second-order valence-electron chi connectivity index (χ2n) is 5.88. The highest BCUT2D eigenvalue weighted by Gasteiger charge is 2.20. The lowest BCUT2D eigenvalue weighted by atomic mass is 10.2. The number of non-ortho nitro benzene ring substituents is 1. The van der Waals surface area contributed by atoms with Crippen LogP contribution in [0.15, 0.2) is 30.0 Å². The Morgan fingerprint density at radius 3 is 2.77 bits per heavy atom. The Kier molecular flexibility index (Phi) is 5.12. The Morgan fingerprint density at radius 2 is 2.08 bits per heavy atom. The van der Waals surface area contributed by atoms with E-state index in [0.29, 0.717) is 18.1 Å². The molecule has 26 heavy (non-hydrogen) atoms. The van der Waals surface area contributed by atoms with E-state index in [4.69, 9.17) is 4.74 Å². The zero-order valence-electron chi connectivity index (χ0n) is 14.0. The van der Waals surface area contributed by atoms with Gasteiger partial charge in [-0.25, -0.2) is 0 Å². The van der Waals surface area contributed by atoms with Crippen molar-refractivity contribution >= 4 is 11.3 Å². The summed E-state index contributed by atoms with van der Waals surface area (Å²) in [4.78, 5) is 10.1. The number of hydrogen-bond donors (Lipinski definition) is 1. The zero-order valence-corrected chi connectivity index (χ0v) is 14.0. The van der Waals surface area contributed by atoms with Crippen LogP contribution >= 0.6 is 0 Å². The number of fused-ring (bicyclic) bond motifs is 1. The normalized spacial score (nSPS) is 14.6. The van der Waals surface area contributed by atoms with Crippen LogP contribution in [-0.2, 0) is 13.0 Å². The smallest absolute Gasteiger partial charge is 0.269 e. The van der Waals surface area contributed by atoms with Gasteiger partial charge in [0.15, 0.2) is 11.6 Å². The van der Waals surface area contributed by atoms with Crippen molar-refractivity contribution in [3.63, 3.8) is 0 Å². The topological polar surface area (TPSA) is 127 Å². The first kappa shape index (κ1) is 17.4. The molecule has 0 saturated heterocycles. The van der Waals surface area contributed by atoms with Crippen molar-refractivity contribution in [2.24, 2.45) is 0 Å². The van der Waals surface area contributed by atoms with Crippen LogP contribution in [0, 0.1) is 21.4 Å². The maximum absolute atomic E-state index is 10.6. The first-order valence-corrected chi connectivity index (χ1v) is 8.22. The van der Waals surface area contributed by atoms with E-state index in [2.05, 4.69) is 10.2 Å². The maximum Gasteiger partial charge on any atom is 0.269 e. The molecule has 0 radical (unpaired) electrons. The van der Waals surface area contributed by atoms with Crippen molar-refractivity contribution in [2.75, 3.05) is 6.61 Å². The molecule has 1 aromatic heterocycles. The Bertz CT molecular complexity index is 880. The van der Waals surface area contributed by atoms with Crippen molar-refractivity contribution in [3.8, 4) is 11.8 Å². The Balaban J connectivity index is 1.78. The van der Waals surface area contributed by atoms with E-state index in [9.17, 15) is 20.5 Å². The van der Waals surface area contributed by atoms with E-state index in [0.717, 1.165) is 31.5 Å². The van der Waals surface area contributed by atoms with E-state index in [1.54, 1.807) is 0 Å². The lowest BCUT2D eigenvalue weighted by molar-refractivity contribution is -0.384. The number of aryl methyl sites for hydroxylation is 1. The molecule has 3 rings (SSSR count). The number of ether oxygens (including phenoxy) is 1. The Labute approximate surface area is 149 Å². The lowest BCUT2D eigenvalue weighted by Crippen LogP contribution is -2.09. The summed E-state index contributed by atoms with van der Waals surface area (Å²) in [5.41, 5.74) is -0.0338. The van der Waals surface area contributed by atoms with Gasteiger partial charge in [0, 0.05) is 25.1 Å². The van der Waals surface area contributed by atoms with Crippen molar-refractivity contribution in [1.29, 1.82) is 5.26 Å². The summed E-state index contributed by atoms with van der Waals surface area (Å²) >= 11 is 0. The molecule has 0 spiro atoms. The van der Waals surface area contributed by atoms with Crippen molar-refractivity contribution in [2.45, 2.75) is 32.2 Å². The largest absolute Gasteiger partial charge is 0.507 e. The number of nitro groups is 1. The SMILES string of the molecule is N#C/C(=C(/O)COc1ccc([N+](=O)[O-])cc1)c1nnc2n1CCCCC2. The Morgan fingerprint density at radius 1 is 1.31 bits per heavy atom. The van der Waals surface area contributed by atoms with Gasteiger partial charge in [-0.2, -0.15) is 5.26 Å². The van der Waals surface area contributed by atoms with Gasteiger partial charge >= 0.3 is 0 Å². The Hall–Kier alpha value is -3.41. The van der Waals surface area contributed by atoms with Gasteiger partial charge < -0.3 is 14.4 Å². The fourth-order valence-corrected chi connectivity index (χ4v) is 2.80. The summed E-state index contributed by atoms with van der Waals surface area (Å²) < 4.78 is 7.28. The van der Waals surface area contributed by atoms with Crippen LogP contribution < -0.4 is 4.74 Å². The molecule has 0 fully saturated rings. The van der Waals surface area contributed by atoms with Crippen LogP contribution in [0.2, 0.25) is 0 Å². The summed E-state index contributed by atoms with van der Waals surface area (Å²) in [7, 11) is 0. The number of aromatic nitrogens is 3. The minimum atomic E-state index is -0.508. The molecule has 9 nitrogen and oxygen atoms in total. The van der Waals surface area contributed by atoms with Crippen LogP contribution in [0.3, 0.4) is 0 Å². The van der Waals surface area contributed by atoms with E-state index < -0.39 is 4.92 Å². The predicted molar refractivity (Wildman–Crippen MR) is 91.3 cm³/mol. The van der Waals surface area contributed by atoms with Crippen molar-refractivity contribution in [3.05, 3.63) is 51.8 Å². The van der Waals surface area contributed by atoms with Crippen LogP contribution in [-0.4, -0.2) is 31.4 Å². The average Bonchev–Trinajstić information content (AvgIpc) is 2.88. The number of hydrogen-bond acceptors (Lipinski definition) is 7. The summed E-state index contributed by atoms with van der Waals surface area (Å²) in [6.07, 6.45) is 3.88. The van der Waals surface area contributed by atoms with E-state index in [1.807, 2.05) is 10.6 Å². The minimum Gasteiger partial charge on any atom is -0.507 e. The van der Waals surface area contributed by atoms with Gasteiger partial charge in [-0.05, 0) is 25.0 Å². The molecule has 2 heterocycles. The molecule has 0 amide bonds. The van der Waals surface area contributed by atoms with Gasteiger partial charge in [-0.3, -0.25) is 10.1 Å². The summed E-state index contributed by atoms with van der Waals surface area (Å²) in [5.74, 6) is 1.24. The number of rotatable bonds is 5. The number of nitro benzene ring substituents is 1. The number of aliphatic hydroxyl groups excluding tert-OH is 1. The predicted octanol–water partition coefficient (Wildman–Crippen LogP) is 2.78. The third-order valence-corrected chi connectivity index (χ3v) is 4.16. The highest BCUT2D eigenvalue weighted by molar-refractivity contribution is 5.74. The molecule has 1 aromatic carbocycles. The number of nitrogens with zero attached hydrogens (tertiary/aromatic N) is 5. The monoisotopic (exact) mass is 355 g/mol. The molecule has 1 aliphatic rings. The molecular weight excluding hydrogens is 338 g/mol. The number of aliphatic hydroxyl groups is 1. The van der Waals surface area contributed by atoms with Crippen LogP contribution in [0.4, 0.5) is 5.69 Å². The van der Waals surface area contributed by atoms with Gasteiger partial charge in [0.1, 0.15) is 29.8 Å². The molecule has 134 valence electrons. The molecule has 0 aliphatic carbocycles. The zero-order chi connectivity index (χ0) is 18.5. The molecular formula is C17H17N5O4. The summed E-state index contributed by atoms with van der Waals surface area (Å²) in [6, 6.07) is 7.44. The maximum atomic E-state index is 10.6.